The normalized spacial score (nSPS) is 22.2. The van der Waals surface area contributed by atoms with Gasteiger partial charge in [-0.05, 0) is 50.2 Å². The third-order valence-corrected chi connectivity index (χ3v) is 4.62. The maximum Gasteiger partial charge on any atom is 0.123 e. The van der Waals surface area contributed by atoms with Crippen LogP contribution in [-0.4, -0.2) is 36.1 Å². The van der Waals surface area contributed by atoms with Gasteiger partial charge in [0.05, 0.1) is 0 Å². The fourth-order valence-corrected chi connectivity index (χ4v) is 3.52. The summed E-state index contributed by atoms with van der Waals surface area (Å²) in [5.41, 5.74) is 8.19. The highest BCUT2D eigenvalue weighted by Gasteiger charge is 2.29. The summed E-state index contributed by atoms with van der Waals surface area (Å²) in [5.74, 6) is 0.0713. The molecule has 0 bridgehead atoms. The first-order chi connectivity index (χ1) is 9.70. The molecule has 3 nitrogen and oxygen atoms in total. The summed E-state index contributed by atoms with van der Waals surface area (Å²) in [7, 11) is 2.17. The largest absolute Gasteiger partial charge is 0.361 e. The standard InChI is InChI=1S/C16H22FN3/c1-20-7-3-2-4-16(20)13(9-18)14-10-19-15-6-5-11(17)8-12(14)15/h5-6,8,10,13,16,19H,2-4,7,9,18H2,1H3. The van der Waals surface area contributed by atoms with Crippen molar-refractivity contribution in [3.8, 4) is 0 Å². The monoisotopic (exact) mass is 275 g/mol. The van der Waals surface area contributed by atoms with Crippen LogP contribution in [0, 0.1) is 5.82 Å². The van der Waals surface area contributed by atoms with Crippen LogP contribution >= 0.6 is 0 Å². The second-order valence-electron chi connectivity index (χ2n) is 5.82. The minimum atomic E-state index is -0.189. The Morgan fingerprint density at radius 1 is 1.45 bits per heavy atom. The van der Waals surface area contributed by atoms with E-state index in [1.165, 1.54) is 25.3 Å². The molecule has 4 heteroatoms. The Morgan fingerprint density at radius 2 is 2.30 bits per heavy atom. The van der Waals surface area contributed by atoms with E-state index in [2.05, 4.69) is 16.9 Å². The Morgan fingerprint density at radius 3 is 3.05 bits per heavy atom. The SMILES string of the molecule is CN1CCCCC1C(CN)c1c[nH]c2ccc(F)cc12. The molecule has 0 aliphatic carbocycles. The van der Waals surface area contributed by atoms with Crippen LogP contribution in [0.25, 0.3) is 10.9 Å². The van der Waals surface area contributed by atoms with Gasteiger partial charge in [0.1, 0.15) is 5.82 Å². The Balaban J connectivity index is 2.00. The number of nitrogens with zero attached hydrogens (tertiary/aromatic N) is 1. The average molecular weight is 275 g/mol. The lowest BCUT2D eigenvalue weighted by Gasteiger charge is -2.37. The molecule has 3 N–H and O–H groups in total. The fourth-order valence-electron chi connectivity index (χ4n) is 3.52. The molecule has 1 aliphatic rings. The molecule has 0 radical (unpaired) electrons. The first kappa shape index (κ1) is 13.6. The van der Waals surface area contributed by atoms with Crippen molar-refractivity contribution in [3.05, 3.63) is 35.8 Å². The topological polar surface area (TPSA) is 45.0 Å². The van der Waals surface area contributed by atoms with Crippen molar-refractivity contribution < 1.29 is 4.39 Å². The van der Waals surface area contributed by atoms with Gasteiger partial charge in [-0.1, -0.05) is 6.42 Å². The number of fused-ring (bicyclic) bond motifs is 1. The molecule has 2 heterocycles. The molecule has 1 fully saturated rings. The molecule has 1 saturated heterocycles. The summed E-state index contributed by atoms with van der Waals surface area (Å²) in [4.78, 5) is 5.65. The summed E-state index contributed by atoms with van der Waals surface area (Å²) in [6.07, 6.45) is 5.68. The third-order valence-electron chi connectivity index (χ3n) is 4.62. The third kappa shape index (κ3) is 2.34. The second-order valence-corrected chi connectivity index (χ2v) is 5.82. The molecule has 2 atom stereocenters. The van der Waals surface area contributed by atoms with Gasteiger partial charge in [0.2, 0.25) is 0 Å². The Bertz CT molecular complexity index is 592. The molecular formula is C16H22FN3. The Hall–Kier alpha value is -1.39. The van der Waals surface area contributed by atoms with E-state index < -0.39 is 0 Å². The van der Waals surface area contributed by atoms with E-state index in [-0.39, 0.29) is 11.7 Å². The van der Waals surface area contributed by atoms with E-state index in [9.17, 15) is 4.39 Å². The first-order valence-electron chi connectivity index (χ1n) is 7.37. The zero-order valence-corrected chi connectivity index (χ0v) is 11.9. The number of halogens is 1. The van der Waals surface area contributed by atoms with Crippen LogP contribution in [0.15, 0.2) is 24.4 Å². The molecule has 108 valence electrons. The molecule has 0 amide bonds. The number of hydrogen-bond acceptors (Lipinski definition) is 2. The summed E-state index contributed by atoms with van der Waals surface area (Å²) in [5, 5.41) is 0.972. The second kappa shape index (κ2) is 5.54. The van der Waals surface area contributed by atoms with Gasteiger partial charge in [0.25, 0.3) is 0 Å². The predicted octanol–water partition coefficient (Wildman–Crippen LogP) is 2.83. The van der Waals surface area contributed by atoms with E-state index in [1.807, 2.05) is 6.20 Å². The zero-order chi connectivity index (χ0) is 14.1. The molecule has 2 aromatic rings. The molecule has 0 spiro atoms. The van der Waals surface area contributed by atoms with Gasteiger partial charge >= 0.3 is 0 Å². The highest BCUT2D eigenvalue weighted by Crippen LogP contribution is 2.33. The maximum atomic E-state index is 13.5. The van der Waals surface area contributed by atoms with E-state index in [0.29, 0.717) is 12.6 Å². The van der Waals surface area contributed by atoms with E-state index in [4.69, 9.17) is 5.73 Å². The zero-order valence-electron chi connectivity index (χ0n) is 11.9. The number of rotatable bonds is 3. The van der Waals surface area contributed by atoms with Gasteiger partial charge in [-0.25, -0.2) is 4.39 Å². The minimum Gasteiger partial charge on any atom is -0.361 e. The number of likely N-dealkylation sites (tertiary alicyclic amines) is 1. The molecule has 0 saturated carbocycles. The summed E-state index contributed by atoms with van der Waals surface area (Å²) in [6, 6.07) is 5.36. The quantitative estimate of drug-likeness (QED) is 0.904. The van der Waals surface area contributed by atoms with Gasteiger partial charge < -0.3 is 15.6 Å². The van der Waals surface area contributed by atoms with Crippen molar-refractivity contribution >= 4 is 10.9 Å². The summed E-state index contributed by atoms with van der Waals surface area (Å²) >= 11 is 0. The number of benzene rings is 1. The lowest BCUT2D eigenvalue weighted by Crippen LogP contribution is -2.42. The van der Waals surface area contributed by atoms with Gasteiger partial charge in [-0.15, -0.1) is 0 Å². The number of likely N-dealkylation sites (N-methyl/N-ethyl adjacent to an activating group) is 1. The van der Waals surface area contributed by atoms with Crippen LogP contribution in [0.1, 0.15) is 30.7 Å². The molecule has 1 aromatic heterocycles. The maximum absolute atomic E-state index is 13.5. The van der Waals surface area contributed by atoms with Crippen LogP contribution in [0.4, 0.5) is 4.39 Å². The Labute approximate surface area is 119 Å². The van der Waals surface area contributed by atoms with Crippen LogP contribution < -0.4 is 5.73 Å². The molecule has 20 heavy (non-hydrogen) atoms. The number of hydrogen-bond donors (Lipinski definition) is 2. The number of nitrogens with two attached hydrogens (primary N) is 1. The van der Waals surface area contributed by atoms with Gasteiger partial charge in [-0.2, -0.15) is 0 Å². The number of aromatic amines is 1. The molecule has 3 rings (SSSR count). The molecular weight excluding hydrogens is 253 g/mol. The number of nitrogens with one attached hydrogen (secondary N) is 1. The number of aromatic nitrogens is 1. The smallest absolute Gasteiger partial charge is 0.123 e. The molecule has 1 aromatic carbocycles. The van der Waals surface area contributed by atoms with Crippen LogP contribution in [0.5, 0.6) is 0 Å². The van der Waals surface area contributed by atoms with Crippen molar-refractivity contribution in [1.29, 1.82) is 0 Å². The van der Waals surface area contributed by atoms with Crippen LogP contribution in [0.3, 0.4) is 0 Å². The van der Waals surface area contributed by atoms with Gasteiger partial charge in [0, 0.05) is 35.6 Å². The van der Waals surface area contributed by atoms with Crippen molar-refractivity contribution in [2.75, 3.05) is 20.1 Å². The van der Waals surface area contributed by atoms with Crippen molar-refractivity contribution in [2.24, 2.45) is 5.73 Å². The number of H-pyrrole nitrogens is 1. The highest BCUT2D eigenvalue weighted by molar-refractivity contribution is 5.83. The summed E-state index contributed by atoms with van der Waals surface area (Å²) in [6.45, 7) is 1.72. The molecule has 1 aliphatic heterocycles. The lowest BCUT2D eigenvalue weighted by atomic mass is 9.85. The molecule has 2 unspecified atom stereocenters. The van der Waals surface area contributed by atoms with E-state index >= 15 is 0 Å². The Kier molecular flexibility index (Phi) is 3.76. The van der Waals surface area contributed by atoms with Crippen LogP contribution in [0.2, 0.25) is 0 Å². The van der Waals surface area contributed by atoms with E-state index in [0.717, 1.165) is 23.0 Å². The van der Waals surface area contributed by atoms with Crippen molar-refractivity contribution in [2.45, 2.75) is 31.2 Å². The average Bonchev–Trinajstić information content (AvgIpc) is 2.85. The first-order valence-corrected chi connectivity index (χ1v) is 7.37. The van der Waals surface area contributed by atoms with Crippen LogP contribution in [-0.2, 0) is 0 Å². The summed E-state index contributed by atoms with van der Waals surface area (Å²) < 4.78 is 13.5. The van der Waals surface area contributed by atoms with Crippen molar-refractivity contribution in [1.82, 2.24) is 9.88 Å². The van der Waals surface area contributed by atoms with Gasteiger partial charge in [0.15, 0.2) is 0 Å². The van der Waals surface area contributed by atoms with E-state index in [1.54, 1.807) is 12.1 Å². The van der Waals surface area contributed by atoms with Crippen molar-refractivity contribution in [3.63, 3.8) is 0 Å². The predicted molar refractivity (Wildman–Crippen MR) is 80.3 cm³/mol. The fraction of sp³-hybridized carbons (Fsp3) is 0.500. The highest BCUT2D eigenvalue weighted by atomic mass is 19.1. The van der Waals surface area contributed by atoms with Gasteiger partial charge in [-0.3, -0.25) is 0 Å². The number of piperidine rings is 1. The minimum absolute atomic E-state index is 0.189. The lowest BCUT2D eigenvalue weighted by molar-refractivity contribution is 0.161.